The van der Waals surface area contributed by atoms with Crippen molar-refractivity contribution in [2.75, 3.05) is 0 Å². The zero-order valence-corrected chi connectivity index (χ0v) is 12.4. The molecule has 0 fully saturated rings. The van der Waals surface area contributed by atoms with Crippen molar-refractivity contribution in [3.63, 3.8) is 0 Å². The largest absolute Gasteiger partial charge is 0.481 e. The van der Waals surface area contributed by atoms with Gasteiger partial charge in [-0.25, -0.2) is 0 Å². The summed E-state index contributed by atoms with van der Waals surface area (Å²) in [5, 5.41) is 16.7. The molecule has 0 atom stereocenters. The van der Waals surface area contributed by atoms with Crippen molar-refractivity contribution in [3.05, 3.63) is 46.7 Å². The van der Waals surface area contributed by atoms with E-state index in [9.17, 15) is 4.79 Å². The van der Waals surface area contributed by atoms with Crippen molar-refractivity contribution in [2.24, 2.45) is 0 Å². The number of carboxylic acid groups (broad SMARTS) is 1. The summed E-state index contributed by atoms with van der Waals surface area (Å²) in [6.07, 6.45) is 2.83. The lowest BCUT2D eigenvalue weighted by atomic mass is 10.0. The van der Waals surface area contributed by atoms with Gasteiger partial charge in [0.05, 0.1) is 6.42 Å². The molecule has 2 aromatic rings. The summed E-state index contributed by atoms with van der Waals surface area (Å²) in [6, 6.07) is 6.31. The Kier molecular flexibility index (Phi) is 5.09. The number of aromatic nitrogens is 2. The number of rotatable bonds is 7. The predicted octanol–water partition coefficient (Wildman–Crippen LogP) is 3.07. The SMILES string of the molecule is Cc1ccc(C)c(Cc2nnc(CCCCC(=O)O)o2)c1. The Morgan fingerprint density at radius 1 is 1.19 bits per heavy atom. The molecule has 1 aromatic carbocycles. The summed E-state index contributed by atoms with van der Waals surface area (Å²) in [7, 11) is 0. The maximum Gasteiger partial charge on any atom is 0.303 e. The van der Waals surface area contributed by atoms with Crippen LogP contribution >= 0.6 is 0 Å². The monoisotopic (exact) mass is 288 g/mol. The zero-order chi connectivity index (χ0) is 15.2. The fraction of sp³-hybridized carbons (Fsp3) is 0.438. The Balaban J connectivity index is 1.91. The van der Waals surface area contributed by atoms with E-state index in [0.29, 0.717) is 31.0 Å². The van der Waals surface area contributed by atoms with E-state index in [1.165, 1.54) is 16.7 Å². The van der Waals surface area contributed by atoms with Gasteiger partial charge in [0.1, 0.15) is 0 Å². The number of benzene rings is 1. The topological polar surface area (TPSA) is 76.2 Å². The van der Waals surface area contributed by atoms with E-state index in [1.54, 1.807) is 0 Å². The lowest BCUT2D eigenvalue weighted by Gasteiger charge is -2.04. The van der Waals surface area contributed by atoms with Gasteiger partial charge in [0.15, 0.2) is 0 Å². The van der Waals surface area contributed by atoms with E-state index < -0.39 is 5.97 Å². The number of hydrogen-bond donors (Lipinski definition) is 1. The highest BCUT2D eigenvalue weighted by molar-refractivity contribution is 5.66. The van der Waals surface area contributed by atoms with Crippen molar-refractivity contribution in [2.45, 2.75) is 46.0 Å². The van der Waals surface area contributed by atoms with Gasteiger partial charge >= 0.3 is 5.97 Å². The van der Waals surface area contributed by atoms with E-state index in [2.05, 4.69) is 42.2 Å². The molecule has 1 N–H and O–H groups in total. The van der Waals surface area contributed by atoms with Gasteiger partial charge in [-0.2, -0.15) is 0 Å². The average Bonchev–Trinajstić information content (AvgIpc) is 2.86. The first kappa shape index (κ1) is 15.2. The fourth-order valence-electron chi connectivity index (χ4n) is 2.17. The predicted molar refractivity (Wildman–Crippen MR) is 78.2 cm³/mol. The maximum atomic E-state index is 10.4. The van der Waals surface area contributed by atoms with Crippen molar-refractivity contribution in [3.8, 4) is 0 Å². The second kappa shape index (κ2) is 7.02. The number of nitrogens with zero attached hydrogens (tertiary/aromatic N) is 2. The van der Waals surface area contributed by atoms with Gasteiger partial charge < -0.3 is 9.52 Å². The molecule has 0 radical (unpaired) electrons. The van der Waals surface area contributed by atoms with Crippen molar-refractivity contribution in [1.82, 2.24) is 10.2 Å². The molecule has 112 valence electrons. The molecular formula is C16H20N2O3. The lowest BCUT2D eigenvalue weighted by Crippen LogP contribution is -1.95. The Morgan fingerprint density at radius 2 is 1.95 bits per heavy atom. The molecule has 0 aliphatic heterocycles. The van der Waals surface area contributed by atoms with Gasteiger partial charge in [0.2, 0.25) is 11.8 Å². The average molecular weight is 288 g/mol. The van der Waals surface area contributed by atoms with E-state index in [-0.39, 0.29) is 6.42 Å². The van der Waals surface area contributed by atoms with Gasteiger partial charge in [-0.1, -0.05) is 23.8 Å². The van der Waals surface area contributed by atoms with Crippen LogP contribution in [-0.2, 0) is 17.6 Å². The molecule has 2 rings (SSSR count). The third-order valence-electron chi connectivity index (χ3n) is 3.39. The minimum absolute atomic E-state index is 0.184. The summed E-state index contributed by atoms with van der Waals surface area (Å²) >= 11 is 0. The van der Waals surface area contributed by atoms with Gasteiger partial charge in [-0.05, 0) is 37.8 Å². The van der Waals surface area contributed by atoms with E-state index in [1.807, 2.05) is 0 Å². The third-order valence-corrected chi connectivity index (χ3v) is 3.39. The first-order valence-corrected chi connectivity index (χ1v) is 7.14. The summed E-state index contributed by atoms with van der Waals surface area (Å²) < 4.78 is 5.62. The van der Waals surface area contributed by atoms with Crippen LogP contribution in [0, 0.1) is 13.8 Å². The number of unbranched alkanes of at least 4 members (excludes halogenated alkanes) is 1. The molecule has 1 aromatic heterocycles. The molecule has 1 heterocycles. The van der Waals surface area contributed by atoms with Crippen LogP contribution in [0.4, 0.5) is 0 Å². The van der Waals surface area contributed by atoms with Crippen molar-refractivity contribution < 1.29 is 14.3 Å². The van der Waals surface area contributed by atoms with Crippen molar-refractivity contribution >= 4 is 5.97 Å². The second-order valence-electron chi connectivity index (χ2n) is 5.30. The molecule has 21 heavy (non-hydrogen) atoms. The van der Waals surface area contributed by atoms with Gasteiger partial charge in [0, 0.05) is 12.8 Å². The number of aliphatic carboxylic acids is 1. The molecule has 5 heteroatoms. The standard InChI is InChI=1S/C16H20N2O3/c1-11-7-8-12(2)13(9-11)10-15-18-17-14(21-15)5-3-4-6-16(19)20/h7-9H,3-6,10H2,1-2H3,(H,19,20). The Hall–Kier alpha value is -2.17. The minimum atomic E-state index is -0.767. The molecule has 0 amide bonds. The molecular weight excluding hydrogens is 268 g/mol. The highest BCUT2D eigenvalue weighted by Crippen LogP contribution is 2.15. The smallest absolute Gasteiger partial charge is 0.303 e. The van der Waals surface area contributed by atoms with Crippen LogP contribution < -0.4 is 0 Å². The number of aryl methyl sites for hydroxylation is 3. The van der Waals surface area contributed by atoms with Crippen LogP contribution in [0.1, 0.15) is 47.7 Å². The van der Waals surface area contributed by atoms with Crippen LogP contribution in [0.25, 0.3) is 0 Å². The van der Waals surface area contributed by atoms with Crippen LogP contribution in [0.3, 0.4) is 0 Å². The summed E-state index contributed by atoms with van der Waals surface area (Å²) in [4.78, 5) is 10.4. The van der Waals surface area contributed by atoms with Crippen LogP contribution in [0.15, 0.2) is 22.6 Å². The highest BCUT2D eigenvalue weighted by atomic mass is 16.4. The zero-order valence-electron chi connectivity index (χ0n) is 12.4. The number of hydrogen-bond acceptors (Lipinski definition) is 4. The van der Waals surface area contributed by atoms with E-state index in [0.717, 1.165) is 6.42 Å². The molecule has 0 aliphatic carbocycles. The Morgan fingerprint density at radius 3 is 2.71 bits per heavy atom. The van der Waals surface area contributed by atoms with Gasteiger partial charge in [-0.15, -0.1) is 10.2 Å². The Labute approximate surface area is 124 Å². The molecule has 0 aliphatic rings. The quantitative estimate of drug-likeness (QED) is 0.792. The summed E-state index contributed by atoms with van der Waals surface area (Å²) in [5.41, 5.74) is 3.61. The third kappa shape index (κ3) is 4.70. The molecule has 0 unspecified atom stereocenters. The molecule has 0 saturated heterocycles. The van der Waals surface area contributed by atoms with Crippen molar-refractivity contribution in [1.29, 1.82) is 0 Å². The first-order chi connectivity index (χ1) is 10.0. The van der Waals surface area contributed by atoms with Crippen LogP contribution in [0.5, 0.6) is 0 Å². The van der Waals surface area contributed by atoms with E-state index in [4.69, 9.17) is 9.52 Å². The molecule has 0 spiro atoms. The normalized spacial score (nSPS) is 10.8. The second-order valence-corrected chi connectivity index (χ2v) is 5.30. The fourth-order valence-corrected chi connectivity index (χ4v) is 2.17. The Bertz CT molecular complexity index is 620. The van der Waals surface area contributed by atoms with Crippen LogP contribution in [0.2, 0.25) is 0 Å². The summed E-state index contributed by atoms with van der Waals surface area (Å²) in [6.45, 7) is 4.13. The van der Waals surface area contributed by atoms with E-state index >= 15 is 0 Å². The number of carbonyl (C=O) groups is 1. The summed E-state index contributed by atoms with van der Waals surface area (Å²) in [5.74, 6) is 0.425. The first-order valence-electron chi connectivity index (χ1n) is 7.14. The van der Waals surface area contributed by atoms with Crippen LogP contribution in [-0.4, -0.2) is 21.3 Å². The van der Waals surface area contributed by atoms with Gasteiger partial charge in [-0.3, -0.25) is 4.79 Å². The number of carboxylic acids is 1. The minimum Gasteiger partial charge on any atom is -0.481 e. The lowest BCUT2D eigenvalue weighted by molar-refractivity contribution is -0.137. The maximum absolute atomic E-state index is 10.4. The molecule has 0 saturated carbocycles. The highest BCUT2D eigenvalue weighted by Gasteiger charge is 2.09. The molecule has 0 bridgehead atoms. The van der Waals surface area contributed by atoms with Gasteiger partial charge in [0.25, 0.3) is 0 Å². The molecule has 5 nitrogen and oxygen atoms in total.